The summed E-state index contributed by atoms with van der Waals surface area (Å²) in [6.07, 6.45) is 0.188. The zero-order chi connectivity index (χ0) is 19.7. The van der Waals surface area contributed by atoms with Crippen molar-refractivity contribution in [2.45, 2.75) is 20.3 Å². The van der Waals surface area contributed by atoms with Gasteiger partial charge in [-0.25, -0.2) is 14.1 Å². The summed E-state index contributed by atoms with van der Waals surface area (Å²) in [4.78, 5) is 17.0. The molecule has 0 saturated carbocycles. The predicted octanol–water partition coefficient (Wildman–Crippen LogP) is 4.36. The second-order valence-corrected chi connectivity index (χ2v) is 6.65. The maximum atomic E-state index is 13.2. The normalized spacial score (nSPS) is 11.0. The summed E-state index contributed by atoms with van der Waals surface area (Å²) in [7, 11) is 0. The Bertz CT molecular complexity index is 1170. The minimum absolute atomic E-state index is 0.160. The van der Waals surface area contributed by atoms with E-state index in [4.69, 9.17) is 0 Å². The second kappa shape index (κ2) is 7.23. The van der Waals surface area contributed by atoms with Crippen LogP contribution in [0.25, 0.3) is 16.6 Å². The van der Waals surface area contributed by atoms with Crippen LogP contribution in [-0.2, 0) is 11.2 Å². The Labute approximate surface area is 161 Å². The molecule has 1 amide bonds. The van der Waals surface area contributed by atoms with Crippen molar-refractivity contribution in [2.75, 3.05) is 5.32 Å². The molecule has 28 heavy (non-hydrogen) atoms. The molecule has 4 aromatic rings. The maximum absolute atomic E-state index is 13.2. The fraction of sp³-hybridized carbons (Fsp3) is 0.136. The van der Waals surface area contributed by atoms with Crippen molar-refractivity contribution in [1.82, 2.24) is 14.8 Å². The Kier molecular flexibility index (Phi) is 4.61. The topological polar surface area (TPSA) is 59.8 Å². The van der Waals surface area contributed by atoms with E-state index in [-0.39, 0.29) is 18.1 Å². The first-order chi connectivity index (χ1) is 13.5. The van der Waals surface area contributed by atoms with Gasteiger partial charge in [0.2, 0.25) is 5.91 Å². The first-order valence-corrected chi connectivity index (χ1v) is 8.98. The Morgan fingerprint density at radius 3 is 2.57 bits per heavy atom. The van der Waals surface area contributed by atoms with Crippen LogP contribution in [0.1, 0.15) is 17.0 Å². The highest BCUT2D eigenvalue weighted by Gasteiger charge is 2.16. The number of hydrogen-bond donors (Lipinski definition) is 1. The average Bonchev–Trinajstić information content (AvgIpc) is 2.97. The molecule has 6 heteroatoms. The fourth-order valence-electron chi connectivity index (χ4n) is 3.25. The highest BCUT2D eigenvalue weighted by atomic mass is 19.1. The Balaban J connectivity index is 1.54. The van der Waals surface area contributed by atoms with Crippen LogP contribution in [0.2, 0.25) is 0 Å². The molecule has 0 atom stereocenters. The Hall–Kier alpha value is -3.54. The number of benzene rings is 2. The van der Waals surface area contributed by atoms with E-state index in [1.807, 2.05) is 44.2 Å². The molecule has 0 saturated heterocycles. The first-order valence-electron chi connectivity index (χ1n) is 8.98. The lowest BCUT2D eigenvalue weighted by Crippen LogP contribution is -2.16. The number of fused-ring (bicyclic) bond motifs is 1. The number of halogens is 1. The standard InChI is InChI=1S/C22H19FN4O/c1-14-19(15(2)27(26-14)18-10-8-17(23)9-11-18)13-22(28)25-21-12-7-16-5-3-4-6-20(16)24-21/h3-12H,13H2,1-2H3,(H,24,25,28). The number of hydrogen-bond acceptors (Lipinski definition) is 3. The zero-order valence-electron chi connectivity index (χ0n) is 15.6. The van der Waals surface area contributed by atoms with E-state index < -0.39 is 0 Å². The van der Waals surface area contributed by atoms with Gasteiger partial charge in [-0.3, -0.25) is 4.79 Å². The number of anilines is 1. The molecule has 0 aliphatic carbocycles. The third-order valence-corrected chi connectivity index (χ3v) is 4.72. The van der Waals surface area contributed by atoms with Crippen LogP contribution in [0.15, 0.2) is 60.7 Å². The molecule has 5 nitrogen and oxygen atoms in total. The second-order valence-electron chi connectivity index (χ2n) is 6.65. The van der Waals surface area contributed by atoms with Gasteiger partial charge in [0, 0.05) is 16.6 Å². The maximum Gasteiger partial charge on any atom is 0.230 e. The van der Waals surface area contributed by atoms with Crippen LogP contribution in [-0.4, -0.2) is 20.7 Å². The average molecular weight is 374 g/mol. The van der Waals surface area contributed by atoms with Crippen LogP contribution in [0, 0.1) is 19.7 Å². The summed E-state index contributed by atoms with van der Waals surface area (Å²) >= 11 is 0. The summed E-state index contributed by atoms with van der Waals surface area (Å²) in [6.45, 7) is 3.77. The van der Waals surface area contributed by atoms with E-state index in [9.17, 15) is 9.18 Å². The lowest BCUT2D eigenvalue weighted by atomic mass is 10.1. The van der Waals surface area contributed by atoms with E-state index in [0.717, 1.165) is 33.5 Å². The molecule has 0 aliphatic rings. The SMILES string of the molecule is Cc1nn(-c2ccc(F)cc2)c(C)c1CC(=O)Nc1ccc2ccccc2n1. The van der Waals surface area contributed by atoms with Gasteiger partial charge in [0.25, 0.3) is 0 Å². The van der Waals surface area contributed by atoms with Gasteiger partial charge in [-0.15, -0.1) is 0 Å². The first kappa shape index (κ1) is 17.9. The summed E-state index contributed by atoms with van der Waals surface area (Å²) in [6, 6.07) is 17.6. The zero-order valence-corrected chi connectivity index (χ0v) is 15.6. The summed E-state index contributed by atoms with van der Waals surface area (Å²) in [5.41, 5.74) is 4.05. The number of rotatable bonds is 4. The number of amides is 1. The minimum atomic E-state index is -0.298. The van der Waals surface area contributed by atoms with Gasteiger partial charge in [-0.05, 0) is 56.3 Å². The highest BCUT2D eigenvalue weighted by Crippen LogP contribution is 2.20. The van der Waals surface area contributed by atoms with Crippen LogP contribution >= 0.6 is 0 Å². The molecule has 2 heterocycles. The number of carbonyl (C=O) groups is 1. The fourth-order valence-corrected chi connectivity index (χ4v) is 3.25. The van der Waals surface area contributed by atoms with Gasteiger partial charge in [-0.1, -0.05) is 18.2 Å². The molecule has 140 valence electrons. The Morgan fingerprint density at radius 2 is 1.79 bits per heavy atom. The van der Waals surface area contributed by atoms with Crippen molar-refractivity contribution in [2.24, 2.45) is 0 Å². The third-order valence-electron chi connectivity index (χ3n) is 4.72. The molecular weight excluding hydrogens is 355 g/mol. The monoisotopic (exact) mass is 374 g/mol. The lowest BCUT2D eigenvalue weighted by molar-refractivity contribution is -0.115. The van der Waals surface area contributed by atoms with Crippen LogP contribution in [0.5, 0.6) is 0 Å². The van der Waals surface area contributed by atoms with E-state index in [1.165, 1.54) is 12.1 Å². The molecule has 0 radical (unpaired) electrons. The predicted molar refractivity (Wildman–Crippen MR) is 107 cm³/mol. The molecule has 0 aliphatic heterocycles. The number of pyridine rings is 1. The van der Waals surface area contributed by atoms with E-state index in [2.05, 4.69) is 15.4 Å². The number of para-hydroxylation sites is 1. The Morgan fingerprint density at radius 1 is 1.04 bits per heavy atom. The van der Waals surface area contributed by atoms with Crippen molar-refractivity contribution in [3.05, 3.63) is 83.4 Å². The van der Waals surface area contributed by atoms with E-state index in [0.29, 0.717) is 5.82 Å². The van der Waals surface area contributed by atoms with Crippen LogP contribution in [0.3, 0.4) is 0 Å². The summed E-state index contributed by atoms with van der Waals surface area (Å²) < 4.78 is 14.9. The number of nitrogens with one attached hydrogen (secondary N) is 1. The number of carbonyl (C=O) groups excluding carboxylic acids is 1. The largest absolute Gasteiger partial charge is 0.310 e. The smallest absolute Gasteiger partial charge is 0.230 e. The molecule has 2 aromatic carbocycles. The van der Waals surface area contributed by atoms with Gasteiger partial charge in [0.05, 0.1) is 23.3 Å². The molecule has 2 aromatic heterocycles. The summed E-state index contributed by atoms with van der Waals surface area (Å²) in [5, 5.41) is 8.39. The van der Waals surface area contributed by atoms with Gasteiger partial charge in [-0.2, -0.15) is 5.10 Å². The van der Waals surface area contributed by atoms with Gasteiger partial charge < -0.3 is 5.32 Å². The quantitative estimate of drug-likeness (QED) is 0.577. The van der Waals surface area contributed by atoms with E-state index in [1.54, 1.807) is 22.9 Å². The molecular formula is C22H19FN4O. The highest BCUT2D eigenvalue weighted by molar-refractivity contribution is 5.93. The lowest BCUT2D eigenvalue weighted by Gasteiger charge is -2.07. The van der Waals surface area contributed by atoms with Gasteiger partial charge >= 0.3 is 0 Å². The number of aryl methyl sites for hydroxylation is 1. The molecule has 0 unspecified atom stereocenters. The minimum Gasteiger partial charge on any atom is -0.310 e. The van der Waals surface area contributed by atoms with E-state index >= 15 is 0 Å². The summed E-state index contributed by atoms with van der Waals surface area (Å²) in [5.74, 6) is 0.0605. The molecule has 0 spiro atoms. The molecule has 1 N–H and O–H groups in total. The van der Waals surface area contributed by atoms with Gasteiger partial charge in [0.15, 0.2) is 0 Å². The van der Waals surface area contributed by atoms with Crippen molar-refractivity contribution >= 4 is 22.6 Å². The van der Waals surface area contributed by atoms with Crippen LogP contribution in [0.4, 0.5) is 10.2 Å². The molecule has 0 fully saturated rings. The van der Waals surface area contributed by atoms with Crippen molar-refractivity contribution in [3.63, 3.8) is 0 Å². The van der Waals surface area contributed by atoms with Crippen molar-refractivity contribution < 1.29 is 9.18 Å². The van der Waals surface area contributed by atoms with Crippen molar-refractivity contribution in [1.29, 1.82) is 0 Å². The molecule has 4 rings (SSSR count). The third kappa shape index (κ3) is 3.49. The van der Waals surface area contributed by atoms with Gasteiger partial charge in [0.1, 0.15) is 11.6 Å². The molecule has 0 bridgehead atoms. The van der Waals surface area contributed by atoms with Crippen molar-refractivity contribution in [3.8, 4) is 5.69 Å². The van der Waals surface area contributed by atoms with Crippen LogP contribution < -0.4 is 5.32 Å². The number of nitrogens with zero attached hydrogens (tertiary/aromatic N) is 3. The number of aromatic nitrogens is 3.